The fourth-order valence-corrected chi connectivity index (χ4v) is 3.25. The van der Waals surface area contributed by atoms with Crippen LogP contribution >= 0.6 is 11.3 Å². The summed E-state index contributed by atoms with van der Waals surface area (Å²) >= 11 is 1.55. The number of aryl methyl sites for hydroxylation is 2. The molecule has 3 nitrogen and oxygen atoms in total. The van der Waals surface area contributed by atoms with E-state index in [2.05, 4.69) is 10.3 Å². The maximum atomic E-state index is 12.9. The lowest BCUT2D eigenvalue weighted by Gasteiger charge is -2.12. The molecule has 1 N–H and O–H groups in total. The van der Waals surface area contributed by atoms with Gasteiger partial charge in [0, 0.05) is 17.8 Å². The monoisotopic (exact) mass is 342 g/mol. The molecule has 1 heterocycles. The topological polar surface area (TPSA) is 42.0 Å². The molecule has 2 aromatic rings. The summed E-state index contributed by atoms with van der Waals surface area (Å²) in [6.45, 7) is 4.25. The second-order valence-electron chi connectivity index (χ2n) is 5.01. The predicted octanol–water partition coefficient (Wildman–Crippen LogP) is 4.01. The summed E-state index contributed by atoms with van der Waals surface area (Å²) in [6, 6.07) is 4.78. The van der Waals surface area contributed by atoms with E-state index in [9.17, 15) is 18.0 Å². The summed E-state index contributed by atoms with van der Waals surface area (Å²) in [7, 11) is 0. The van der Waals surface area contributed by atoms with Gasteiger partial charge < -0.3 is 5.32 Å². The first kappa shape index (κ1) is 17.5. The predicted molar refractivity (Wildman–Crippen MR) is 83.7 cm³/mol. The summed E-state index contributed by atoms with van der Waals surface area (Å²) in [5.41, 5.74) is -0.251. The van der Waals surface area contributed by atoms with Gasteiger partial charge in [-0.05, 0) is 25.5 Å². The Kier molecular flexibility index (Phi) is 5.41. The van der Waals surface area contributed by atoms with Gasteiger partial charge in [-0.15, -0.1) is 11.3 Å². The van der Waals surface area contributed by atoms with Crippen LogP contribution in [0.4, 0.5) is 13.2 Å². The molecular formula is C16H17F3N2OS. The molecule has 0 spiro atoms. The molecule has 0 atom stereocenters. The Bertz CT molecular complexity index is 695. The van der Waals surface area contributed by atoms with E-state index in [0.29, 0.717) is 6.42 Å². The van der Waals surface area contributed by atoms with Gasteiger partial charge >= 0.3 is 6.18 Å². The molecule has 0 aliphatic heterocycles. The van der Waals surface area contributed by atoms with Crippen molar-refractivity contribution in [3.05, 3.63) is 51.0 Å². The van der Waals surface area contributed by atoms with E-state index < -0.39 is 17.6 Å². The summed E-state index contributed by atoms with van der Waals surface area (Å²) in [6.07, 6.45) is -3.20. The highest BCUT2D eigenvalue weighted by atomic mass is 32.1. The van der Waals surface area contributed by atoms with Crippen molar-refractivity contribution < 1.29 is 18.0 Å². The maximum absolute atomic E-state index is 12.9. The molecule has 0 bridgehead atoms. The highest BCUT2D eigenvalue weighted by Crippen LogP contribution is 2.31. The number of hydrogen-bond donors (Lipinski definition) is 1. The Morgan fingerprint density at radius 1 is 1.30 bits per heavy atom. The lowest BCUT2D eigenvalue weighted by atomic mass is 10.1. The van der Waals surface area contributed by atoms with Crippen molar-refractivity contribution in [3.8, 4) is 0 Å². The zero-order valence-corrected chi connectivity index (χ0v) is 13.6. The zero-order valence-electron chi connectivity index (χ0n) is 12.8. The van der Waals surface area contributed by atoms with Gasteiger partial charge in [-0.2, -0.15) is 13.2 Å². The molecule has 0 fully saturated rings. The minimum absolute atomic E-state index is 0.251. The number of nitrogens with one attached hydrogen (secondary N) is 1. The van der Waals surface area contributed by atoms with E-state index in [4.69, 9.17) is 0 Å². The number of halogens is 3. The molecule has 0 saturated carbocycles. The van der Waals surface area contributed by atoms with E-state index in [-0.39, 0.29) is 12.1 Å². The Morgan fingerprint density at radius 3 is 2.61 bits per heavy atom. The van der Waals surface area contributed by atoms with Gasteiger partial charge in [0.15, 0.2) is 0 Å². The van der Waals surface area contributed by atoms with Crippen molar-refractivity contribution in [3.63, 3.8) is 0 Å². The number of carbonyl (C=O) groups is 1. The van der Waals surface area contributed by atoms with Crippen LogP contribution in [-0.2, 0) is 19.0 Å². The van der Waals surface area contributed by atoms with Crippen molar-refractivity contribution in [2.75, 3.05) is 6.54 Å². The molecule has 0 radical (unpaired) electrons. The molecule has 1 aromatic carbocycles. The second kappa shape index (κ2) is 7.12. The van der Waals surface area contributed by atoms with E-state index in [1.165, 1.54) is 18.2 Å². The van der Waals surface area contributed by atoms with Gasteiger partial charge in [-0.1, -0.05) is 19.1 Å². The van der Waals surface area contributed by atoms with Crippen LogP contribution in [0.2, 0.25) is 0 Å². The Hall–Kier alpha value is -1.89. The summed E-state index contributed by atoms with van der Waals surface area (Å²) < 4.78 is 38.7. The number of hydrogen-bond acceptors (Lipinski definition) is 3. The lowest BCUT2D eigenvalue weighted by molar-refractivity contribution is -0.137. The Balaban J connectivity index is 2.00. The molecule has 124 valence electrons. The first-order chi connectivity index (χ1) is 10.8. The van der Waals surface area contributed by atoms with Crippen LogP contribution in [0.1, 0.15) is 38.4 Å². The van der Waals surface area contributed by atoms with Gasteiger partial charge in [0.1, 0.15) is 0 Å². The first-order valence-electron chi connectivity index (χ1n) is 7.22. The van der Waals surface area contributed by atoms with Gasteiger partial charge in [-0.3, -0.25) is 4.79 Å². The largest absolute Gasteiger partial charge is 0.417 e. The number of alkyl halides is 3. The fourth-order valence-electron chi connectivity index (χ4n) is 2.23. The van der Waals surface area contributed by atoms with Crippen LogP contribution in [0.3, 0.4) is 0 Å². The number of rotatable bonds is 5. The molecule has 2 rings (SSSR count). The van der Waals surface area contributed by atoms with Crippen LogP contribution in [0.5, 0.6) is 0 Å². The number of carbonyl (C=O) groups excluding carboxylic acids is 1. The standard InChI is InChI=1S/C16H17F3N2OS/c1-3-13-10(2)23-14(21-13)8-9-20-15(22)11-6-4-5-7-12(11)16(17,18)19/h4-7H,3,8-9H2,1-2H3,(H,20,22). The second-order valence-corrected chi connectivity index (χ2v) is 6.30. The lowest BCUT2D eigenvalue weighted by Crippen LogP contribution is -2.28. The fraction of sp³-hybridized carbons (Fsp3) is 0.375. The SMILES string of the molecule is CCc1nc(CCNC(=O)c2ccccc2C(F)(F)F)sc1C. The average molecular weight is 342 g/mol. The van der Waals surface area contributed by atoms with Gasteiger partial charge in [0.2, 0.25) is 0 Å². The maximum Gasteiger partial charge on any atom is 0.417 e. The van der Waals surface area contributed by atoms with Crippen LogP contribution in [0.25, 0.3) is 0 Å². The Morgan fingerprint density at radius 2 is 2.00 bits per heavy atom. The average Bonchev–Trinajstić information content (AvgIpc) is 2.86. The van der Waals surface area contributed by atoms with Crippen LogP contribution in [0.15, 0.2) is 24.3 Å². The van der Waals surface area contributed by atoms with Crippen molar-refractivity contribution in [1.29, 1.82) is 0 Å². The van der Waals surface area contributed by atoms with Crippen molar-refractivity contribution in [2.24, 2.45) is 0 Å². The zero-order chi connectivity index (χ0) is 17.0. The third kappa shape index (κ3) is 4.31. The van der Waals surface area contributed by atoms with Crippen LogP contribution in [-0.4, -0.2) is 17.4 Å². The van der Waals surface area contributed by atoms with Gasteiger partial charge in [-0.25, -0.2) is 4.98 Å². The summed E-state index contributed by atoms with van der Waals surface area (Å²) in [5, 5.41) is 3.41. The first-order valence-corrected chi connectivity index (χ1v) is 8.04. The number of thiazole rings is 1. The minimum Gasteiger partial charge on any atom is -0.352 e. The molecule has 0 aliphatic rings. The minimum atomic E-state index is -4.55. The van der Waals surface area contributed by atoms with Gasteiger partial charge in [0.25, 0.3) is 5.91 Å². The van der Waals surface area contributed by atoms with E-state index in [1.54, 1.807) is 11.3 Å². The third-order valence-corrected chi connectivity index (χ3v) is 4.45. The summed E-state index contributed by atoms with van der Waals surface area (Å²) in [4.78, 5) is 17.6. The highest BCUT2D eigenvalue weighted by Gasteiger charge is 2.34. The van der Waals surface area contributed by atoms with E-state index >= 15 is 0 Å². The van der Waals surface area contributed by atoms with E-state index in [1.807, 2.05) is 13.8 Å². The van der Waals surface area contributed by atoms with Crippen molar-refractivity contribution in [2.45, 2.75) is 32.9 Å². The van der Waals surface area contributed by atoms with Crippen LogP contribution < -0.4 is 5.32 Å². The molecule has 0 aliphatic carbocycles. The molecule has 7 heteroatoms. The molecule has 1 aromatic heterocycles. The van der Waals surface area contributed by atoms with Crippen molar-refractivity contribution >= 4 is 17.2 Å². The molecule has 0 unspecified atom stereocenters. The number of amides is 1. The van der Waals surface area contributed by atoms with Crippen LogP contribution in [0, 0.1) is 6.92 Å². The molecule has 0 saturated heterocycles. The third-order valence-electron chi connectivity index (χ3n) is 3.37. The van der Waals surface area contributed by atoms with Gasteiger partial charge in [0.05, 0.1) is 21.8 Å². The number of nitrogens with zero attached hydrogens (tertiary/aromatic N) is 1. The molecule has 1 amide bonds. The number of aromatic nitrogens is 1. The van der Waals surface area contributed by atoms with Crippen molar-refractivity contribution in [1.82, 2.24) is 10.3 Å². The molecular weight excluding hydrogens is 325 g/mol. The Labute approximate surface area is 136 Å². The highest BCUT2D eigenvalue weighted by molar-refractivity contribution is 7.11. The smallest absolute Gasteiger partial charge is 0.352 e. The van der Waals surface area contributed by atoms with E-state index in [0.717, 1.165) is 28.1 Å². The number of benzene rings is 1. The summed E-state index contributed by atoms with van der Waals surface area (Å²) in [5.74, 6) is -0.720. The quantitative estimate of drug-likeness (QED) is 0.892. The molecule has 23 heavy (non-hydrogen) atoms. The normalized spacial score (nSPS) is 11.5.